The van der Waals surface area contributed by atoms with Gasteiger partial charge in [0, 0.05) is 0 Å². The topological polar surface area (TPSA) is 52.6 Å². The number of rotatable bonds is 5. The van der Waals surface area contributed by atoms with Gasteiger partial charge in [0.05, 0.1) is 19.4 Å². The number of ether oxygens (including phenoxy) is 2. The van der Waals surface area contributed by atoms with E-state index in [1.54, 1.807) is 13.8 Å². The van der Waals surface area contributed by atoms with Gasteiger partial charge in [0.1, 0.15) is 0 Å². The first-order chi connectivity index (χ1) is 6.60. The molecule has 0 fully saturated rings. The predicted molar refractivity (Wildman–Crippen MR) is 50.3 cm³/mol. The van der Waals surface area contributed by atoms with Crippen LogP contribution < -0.4 is 0 Å². The molecule has 0 aromatic carbocycles. The maximum Gasteiger partial charge on any atom is 0.307 e. The minimum atomic E-state index is -0.551. The Bertz CT molecular complexity index is 239. The summed E-state index contributed by atoms with van der Waals surface area (Å²) in [7, 11) is 0. The van der Waals surface area contributed by atoms with Crippen LogP contribution in [-0.2, 0) is 19.1 Å². The fraction of sp³-hybridized carbons (Fsp3) is 0.600. The molecule has 0 aliphatic rings. The largest absolute Gasteiger partial charge is 0.466 e. The van der Waals surface area contributed by atoms with E-state index in [1.165, 1.54) is 0 Å². The van der Waals surface area contributed by atoms with E-state index >= 15 is 0 Å². The second kappa shape index (κ2) is 6.96. The van der Waals surface area contributed by atoms with Crippen molar-refractivity contribution >= 4 is 11.9 Å². The van der Waals surface area contributed by atoms with Crippen molar-refractivity contribution in [3.05, 3.63) is 0 Å². The standard InChI is InChI=1S/C10H14O4/c1-4-8(3)14-10(12)7-6-9(11)13-5-2/h1,8H,5-7H2,2-3H3. The highest BCUT2D eigenvalue weighted by molar-refractivity contribution is 5.77. The summed E-state index contributed by atoms with van der Waals surface area (Å²) in [5.74, 6) is 1.36. The number of terminal acetylenes is 1. The quantitative estimate of drug-likeness (QED) is 0.486. The Labute approximate surface area is 83.6 Å². The molecule has 0 saturated heterocycles. The van der Waals surface area contributed by atoms with Crippen LogP contribution in [0.1, 0.15) is 26.7 Å². The molecule has 0 heterocycles. The van der Waals surface area contributed by atoms with Crippen LogP contribution in [0, 0.1) is 12.3 Å². The Balaban J connectivity index is 3.65. The zero-order valence-corrected chi connectivity index (χ0v) is 8.41. The molecule has 78 valence electrons. The van der Waals surface area contributed by atoms with Crippen LogP contribution in [0.5, 0.6) is 0 Å². The lowest BCUT2D eigenvalue weighted by Crippen LogP contribution is -2.14. The molecule has 0 saturated carbocycles. The Hall–Kier alpha value is -1.50. The maximum atomic E-state index is 11.0. The molecule has 0 rings (SSSR count). The van der Waals surface area contributed by atoms with Gasteiger partial charge in [-0.25, -0.2) is 0 Å². The van der Waals surface area contributed by atoms with Gasteiger partial charge < -0.3 is 9.47 Å². The lowest BCUT2D eigenvalue weighted by atomic mass is 10.3. The summed E-state index contributed by atoms with van der Waals surface area (Å²) < 4.78 is 9.38. The van der Waals surface area contributed by atoms with Crippen LogP contribution in [0.4, 0.5) is 0 Å². The third-order valence-electron chi connectivity index (χ3n) is 1.38. The highest BCUT2D eigenvalue weighted by atomic mass is 16.5. The minimum absolute atomic E-state index is 0.00481. The fourth-order valence-electron chi connectivity index (χ4n) is 0.727. The van der Waals surface area contributed by atoms with E-state index in [9.17, 15) is 9.59 Å². The number of hydrogen-bond acceptors (Lipinski definition) is 4. The van der Waals surface area contributed by atoms with Crippen LogP contribution in [0.15, 0.2) is 0 Å². The van der Waals surface area contributed by atoms with Crippen molar-refractivity contribution in [3.8, 4) is 12.3 Å². The first kappa shape index (κ1) is 12.5. The molecule has 14 heavy (non-hydrogen) atoms. The van der Waals surface area contributed by atoms with Crippen LogP contribution in [-0.4, -0.2) is 24.6 Å². The number of carbonyl (C=O) groups excluding carboxylic acids is 2. The van der Waals surface area contributed by atoms with E-state index in [-0.39, 0.29) is 12.8 Å². The van der Waals surface area contributed by atoms with E-state index in [4.69, 9.17) is 11.2 Å². The van der Waals surface area contributed by atoms with E-state index in [0.717, 1.165) is 0 Å². The number of hydrogen-bond donors (Lipinski definition) is 0. The zero-order valence-electron chi connectivity index (χ0n) is 8.41. The summed E-state index contributed by atoms with van der Waals surface area (Å²) in [6.07, 6.45) is 4.49. The molecular weight excluding hydrogens is 184 g/mol. The average Bonchev–Trinajstić information content (AvgIpc) is 2.15. The van der Waals surface area contributed by atoms with E-state index in [0.29, 0.717) is 6.61 Å². The van der Waals surface area contributed by atoms with Crippen molar-refractivity contribution < 1.29 is 19.1 Å². The average molecular weight is 198 g/mol. The zero-order chi connectivity index (χ0) is 11.0. The van der Waals surface area contributed by atoms with Gasteiger partial charge >= 0.3 is 11.9 Å². The van der Waals surface area contributed by atoms with Crippen LogP contribution >= 0.6 is 0 Å². The van der Waals surface area contributed by atoms with Gasteiger partial charge in [0.15, 0.2) is 6.10 Å². The van der Waals surface area contributed by atoms with E-state index < -0.39 is 18.0 Å². The summed E-state index contributed by atoms with van der Waals surface area (Å²) >= 11 is 0. The monoisotopic (exact) mass is 198 g/mol. The summed E-state index contributed by atoms with van der Waals surface area (Å²) in [6.45, 7) is 3.60. The minimum Gasteiger partial charge on any atom is -0.466 e. The predicted octanol–water partition coefficient (Wildman–Crippen LogP) is 0.895. The lowest BCUT2D eigenvalue weighted by molar-refractivity contribution is -0.151. The van der Waals surface area contributed by atoms with E-state index in [1.807, 2.05) is 0 Å². The van der Waals surface area contributed by atoms with E-state index in [2.05, 4.69) is 10.7 Å². The molecule has 1 unspecified atom stereocenters. The van der Waals surface area contributed by atoms with Gasteiger partial charge in [-0.15, -0.1) is 6.42 Å². The Morgan fingerprint density at radius 1 is 1.36 bits per heavy atom. The molecule has 0 bridgehead atoms. The second-order valence-electron chi connectivity index (χ2n) is 2.60. The summed E-state index contributed by atoms with van der Waals surface area (Å²) in [6, 6.07) is 0. The molecular formula is C10H14O4. The molecule has 0 aromatic heterocycles. The maximum absolute atomic E-state index is 11.0. The molecule has 4 nitrogen and oxygen atoms in total. The van der Waals surface area contributed by atoms with Gasteiger partial charge in [0.2, 0.25) is 0 Å². The van der Waals surface area contributed by atoms with Crippen molar-refractivity contribution in [2.24, 2.45) is 0 Å². The first-order valence-corrected chi connectivity index (χ1v) is 4.41. The highest BCUT2D eigenvalue weighted by Gasteiger charge is 2.10. The van der Waals surface area contributed by atoms with Gasteiger partial charge in [-0.2, -0.15) is 0 Å². The SMILES string of the molecule is C#CC(C)OC(=O)CCC(=O)OCC. The van der Waals surface area contributed by atoms with Crippen molar-refractivity contribution in [1.29, 1.82) is 0 Å². The van der Waals surface area contributed by atoms with Crippen LogP contribution in [0.3, 0.4) is 0 Å². The molecule has 0 amide bonds. The Morgan fingerprint density at radius 3 is 2.43 bits per heavy atom. The normalized spacial score (nSPS) is 11.2. The fourth-order valence-corrected chi connectivity index (χ4v) is 0.727. The Morgan fingerprint density at radius 2 is 1.93 bits per heavy atom. The number of carbonyl (C=O) groups is 2. The molecule has 0 spiro atoms. The van der Waals surface area contributed by atoms with Crippen LogP contribution in [0.2, 0.25) is 0 Å². The molecule has 0 N–H and O–H groups in total. The van der Waals surface area contributed by atoms with Gasteiger partial charge in [-0.05, 0) is 13.8 Å². The molecule has 0 aliphatic heterocycles. The highest BCUT2D eigenvalue weighted by Crippen LogP contribution is 1.98. The van der Waals surface area contributed by atoms with Gasteiger partial charge in [-0.3, -0.25) is 9.59 Å². The molecule has 1 atom stereocenters. The third kappa shape index (κ3) is 6.06. The van der Waals surface area contributed by atoms with Crippen LogP contribution in [0.25, 0.3) is 0 Å². The first-order valence-electron chi connectivity index (χ1n) is 4.41. The van der Waals surface area contributed by atoms with Crippen molar-refractivity contribution in [2.75, 3.05) is 6.61 Å². The van der Waals surface area contributed by atoms with Gasteiger partial charge in [-0.1, -0.05) is 5.92 Å². The Kier molecular flexibility index (Phi) is 6.21. The van der Waals surface area contributed by atoms with Crippen molar-refractivity contribution in [1.82, 2.24) is 0 Å². The smallest absolute Gasteiger partial charge is 0.307 e. The summed E-state index contributed by atoms with van der Waals surface area (Å²) in [5, 5.41) is 0. The second-order valence-corrected chi connectivity index (χ2v) is 2.60. The van der Waals surface area contributed by atoms with Crippen molar-refractivity contribution in [3.63, 3.8) is 0 Å². The lowest BCUT2D eigenvalue weighted by Gasteiger charge is -2.06. The molecule has 4 heteroatoms. The van der Waals surface area contributed by atoms with Crippen molar-refractivity contribution in [2.45, 2.75) is 32.8 Å². The summed E-state index contributed by atoms with van der Waals surface area (Å²) in [4.78, 5) is 21.8. The molecule has 0 radical (unpaired) electrons. The summed E-state index contributed by atoms with van der Waals surface area (Å²) in [5.41, 5.74) is 0. The van der Waals surface area contributed by atoms with Gasteiger partial charge in [0.25, 0.3) is 0 Å². The third-order valence-corrected chi connectivity index (χ3v) is 1.38. The molecule has 0 aromatic rings. The molecule has 0 aliphatic carbocycles. The number of esters is 2.